The molecule has 2 heterocycles. The number of nitrogens with two attached hydrogens (primary N) is 1. The molecule has 0 aliphatic carbocycles. The number of rotatable bonds is 7. The van der Waals surface area contributed by atoms with E-state index in [1.54, 1.807) is 7.11 Å². The van der Waals surface area contributed by atoms with Crippen LogP contribution in [0.2, 0.25) is 0 Å². The lowest BCUT2D eigenvalue weighted by molar-refractivity contribution is 0.202. The Morgan fingerprint density at radius 2 is 2.00 bits per heavy atom. The molecule has 0 spiro atoms. The van der Waals surface area contributed by atoms with Crippen LogP contribution in [0, 0.1) is 0 Å². The second kappa shape index (κ2) is 7.20. The van der Waals surface area contributed by atoms with Gasteiger partial charge in [-0.05, 0) is 12.8 Å². The third-order valence-electron chi connectivity index (χ3n) is 3.24. The third kappa shape index (κ3) is 3.67. The summed E-state index contributed by atoms with van der Waals surface area (Å²) in [5.74, 6) is 1.31. The molecule has 1 aromatic rings. The van der Waals surface area contributed by atoms with Gasteiger partial charge in [-0.25, -0.2) is 0 Å². The topological polar surface area (TPSA) is 101 Å². The molecule has 1 aliphatic heterocycles. The molecular formula is C12H22N6O2. The van der Waals surface area contributed by atoms with Gasteiger partial charge in [0, 0.05) is 33.3 Å². The Morgan fingerprint density at radius 1 is 1.25 bits per heavy atom. The average Bonchev–Trinajstić information content (AvgIpc) is 2.97. The molecule has 0 saturated carbocycles. The summed E-state index contributed by atoms with van der Waals surface area (Å²) in [5, 5.41) is 9.15. The number of ether oxygens (including phenoxy) is 1. The molecule has 1 aliphatic rings. The predicted molar refractivity (Wildman–Crippen MR) is 76.9 cm³/mol. The van der Waals surface area contributed by atoms with Crippen molar-refractivity contribution in [2.75, 3.05) is 62.0 Å². The van der Waals surface area contributed by atoms with Crippen LogP contribution in [0.3, 0.4) is 0 Å². The monoisotopic (exact) mass is 282 g/mol. The van der Waals surface area contributed by atoms with Gasteiger partial charge in [-0.3, -0.25) is 0 Å². The molecule has 8 nitrogen and oxygen atoms in total. The Balaban J connectivity index is 2.19. The lowest BCUT2D eigenvalue weighted by Crippen LogP contribution is -2.33. The summed E-state index contributed by atoms with van der Waals surface area (Å²) >= 11 is 0. The molecule has 20 heavy (non-hydrogen) atoms. The quantitative estimate of drug-likeness (QED) is 0.690. The third-order valence-corrected chi connectivity index (χ3v) is 3.24. The van der Waals surface area contributed by atoms with E-state index in [1.165, 1.54) is 0 Å². The zero-order valence-corrected chi connectivity index (χ0v) is 11.8. The van der Waals surface area contributed by atoms with Crippen LogP contribution in [-0.2, 0) is 4.74 Å². The molecule has 1 saturated heterocycles. The van der Waals surface area contributed by atoms with Crippen LogP contribution < -0.4 is 15.5 Å². The number of aliphatic hydroxyl groups excluding tert-OH is 1. The summed E-state index contributed by atoms with van der Waals surface area (Å²) in [6.45, 7) is 3.48. The largest absolute Gasteiger partial charge is 0.395 e. The Morgan fingerprint density at radius 3 is 2.65 bits per heavy atom. The Kier molecular flexibility index (Phi) is 5.31. The fraction of sp³-hybridized carbons (Fsp3) is 0.750. The highest BCUT2D eigenvalue weighted by Crippen LogP contribution is 2.19. The second-order valence-corrected chi connectivity index (χ2v) is 4.69. The van der Waals surface area contributed by atoms with Gasteiger partial charge < -0.3 is 25.4 Å². The maximum Gasteiger partial charge on any atom is 0.232 e. The van der Waals surface area contributed by atoms with E-state index in [0.29, 0.717) is 31.6 Å². The molecule has 112 valence electrons. The summed E-state index contributed by atoms with van der Waals surface area (Å²) in [6.07, 6.45) is 2.29. The van der Waals surface area contributed by atoms with E-state index in [-0.39, 0.29) is 12.6 Å². The number of hydrogen-bond acceptors (Lipinski definition) is 8. The first-order valence-electron chi connectivity index (χ1n) is 6.86. The number of aromatic nitrogens is 3. The second-order valence-electron chi connectivity index (χ2n) is 4.69. The number of nitrogens with zero attached hydrogens (tertiary/aromatic N) is 5. The standard InChI is InChI=1S/C12H22N6O2/c1-20-9-7-18(6-8-19)12-15-10(13)14-11(16-12)17-4-2-3-5-17/h19H,2-9H2,1H3,(H2,13,14,15,16). The van der Waals surface area contributed by atoms with Gasteiger partial charge in [0.05, 0.1) is 13.2 Å². The summed E-state index contributed by atoms with van der Waals surface area (Å²) < 4.78 is 5.06. The van der Waals surface area contributed by atoms with Crippen LogP contribution in [0.25, 0.3) is 0 Å². The molecule has 0 amide bonds. The van der Waals surface area contributed by atoms with Crippen molar-refractivity contribution >= 4 is 17.8 Å². The molecule has 0 radical (unpaired) electrons. The molecule has 2 rings (SSSR count). The highest BCUT2D eigenvalue weighted by Gasteiger charge is 2.18. The predicted octanol–water partition coefficient (Wildman–Crippen LogP) is -0.501. The van der Waals surface area contributed by atoms with Crippen LogP contribution in [-0.4, -0.2) is 66.6 Å². The zero-order chi connectivity index (χ0) is 14.4. The first-order valence-corrected chi connectivity index (χ1v) is 6.86. The van der Waals surface area contributed by atoms with Crippen LogP contribution in [0.15, 0.2) is 0 Å². The van der Waals surface area contributed by atoms with Crippen molar-refractivity contribution < 1.29 is 9.84 Å². The highest BCUT2D eigenvalue weighted by atomic mass is 16.5. The van der Waals surface area contributed by atoms with E-state index in [4.69, 9.17) is 15.6 Å². The van der Waals surface area contributed by atoms with Crippen molar-refractivity contribution in [1.82, 2.24) is 15.0 Å². The van der Waals surface area contributed by atoms with Gasteiger partial charge in [-0.2, -0.15) is 15.0 Å². The van der Waals surface area contributed by atoms with Crippen LogP contribution in [0.5, 0.6) is 0 Å². The van der Waals surface area contributed by atoms with Gasteiger partial charge in [0.15, 0.2) is 0 Å². The molecule has 8 heteroatoms. The number of aliphatic hydroxyl groups is 1. The van der Waals surface area contributed by atoms with Crippen molar-refractivity contribution in [2.45, 2.75) is 12.8 Å². The van der Waals surface area contributed by atoms with Gasteiger partial charge in [0.2, 0.25) is 17.8 Å². The Labute approximate surface area is 118 Å². The normalized spacial score (nSPS) is 14.8. The van der Waals surface area contributed by atoms with Crippen molar-refractivity contribution in [2.24, 2.45) is 0 Å². The minimum atomic E-state index is 0.0222. The van der Waals surface area contributed by atoms with Crippen LogP contribution in [0.4, 0.5) is 17.8 Å². The van der Waals surface area contributed by atoms with Crippen LogP contribution >= 0.6 is 0 Å². The summed E-state index contributed by atoms with van der Waals surface area (Å²) in [7, 11) is 1.63. The lowest BCUT2D eigenvalue weighted by Gasteiger charge is -2.23. The lowest BCUT2D eigenvalue weighted by atomic mass is 10.4. The number of methoxy groups -OCH3 is 1. The van der Waals surface area contributed by atoms with Crippen molar-refractivity contribution in [3.05, 3.63) is 0 Å². The summed E-state index contributed by atoms with van der Waals surface area (Å²) in [5.41, 5.74) is 5.78. The van der Waals surface area contributed by atoms with Crippen molar-refractivity contribution in [1.29, 1.82) is 0 Å². The van der Waals surface area contributed by atoms with Crippen LogP contribution in [0.1, 0.15) is 12.8 Å². The molecule has 1 aromatic heterocycles. The van der Waals surface area contributed by atoms with Gasteiger partial charge in [0.25, 0.3) is 0 Å². The van der Waals surface area contributed by atoms with Gasteiger partial charge in [0.1, 0.15) is 0 Å². The number of nitrogen functional groups attached to an aromatic ring is 1. The first kappa shape index (κ1) is 14.7. The molecular weight excluding hydrogens is 260 g/mol. The minimum absolute atomic E-state index is 0.0222. The smallest absolute Gasteiger partial charge is 0.232 e. The molecule has 1 fully saturated rings. The van der Waals surface area contributed by atoms with E-state index in [9.17, 15) is 0 Å². The molecule has 0 bridgehead atoms. The van der Waals surface area contributed by atoms with Gasteiger partial charge in [-0.1, -0.05) is 0 Å². The maximum absolute atomic E-state index is 9.15. The first-order chi connectivity index (χ1) is 9.74. The van der Waals surface area contributed by atoms with E-state index in [2.05, 4.69) is 19.9 Å². The summed E-state index contributed by atoms with van der Waals surface area (Å²) in [4.78, 5) is 16.8. The van der Waals surface area contributed by atoms with E-state index >= 15 is 0 Å². The summed E-state index contributed by atoms with van der Waals surface area (Å²) in [6, 6.07) is 0. The van der Waals surface area contributed by atoms with Crippen molar-refractivity contribution in [3.63, 3.8) is 0 Å². The Hall–Kier alpha value is -1.67. The Bertz CT molecular complexity index is 424. The molecule has 3 N–H and O–H groups in total. The zero-order valence-electron chi connectivity index (χ0n) is 11.8. The fourth-order valence-corrected chi connectivity index (χ4v) is 2.20. The molecule has 0 aromatic carbocycles. The number of anilines is 3. The minimum Gasteiger partial charge on any atom is -0.395 e. The van der Waals surface area contributed by atoms with E-state index in [0.717, 1.165) is 25.9 Å². The van der Waals surface area contributed by atoms with E-state index < -0.39 is 0 Å². The molecule has 0 atom stereocenters. The van der Waals surface area contributed by atoms with Gasteiger partial charge in [-0.15, -0.1) is 0 Å². The maximum atomic E-state index is 9.15. The number of hydrogen-bond donors (Lipinski definition) is 2. The average molecular weight is 282 g/mol. The van der Waals surface area contributed by atoms with Crippen molar-refractivity contribution in [3.8, 4) is 0 Å². The molecule has 0 unspecified atom stereocenters. The fourth-order valence-electron chi connectivity index (χ4n) is 2.20. The van der Waals surface area contributed by atoms with Gasteiger partial charge >= 0.3 is 0 Å². The van der Waals surface area contributed by atoms with E-state index in [1.807, 2.05) is 4.90 Å². The SMILES string of the molecule is COCCN(CCO)c1nc(N)nc(N2CCCC2)n1. The highest BCUT2D eigenvalue weighted by molar-refractivity contribution is 5.44.